The lowest BCUT2D eigenvalue weighted by molar-refractivity contribution is 0.0466. The van der Waals surface area contributed by atoms with Crippen LogP contribution in [-0.2, 0) is 9.47 Å². The van der Waals surface area contributed by atoms with Crippen LogP contribution >= 0.6 is 0 Å². The van der Waals surface area contributed by atoms with E-state index in [1.54, 1.807) is 7.11 Å². The van der Waals surface area contributed by atoms with Crippen LogP contribution in [0.1, 0.15) is 6.42 Å². The van der Waals surface area contributed by atoms with Gasteiger partial charge >= 0.3 is 0 Å². The van der Waals surface area contributed by atoms with Gasteiger partial charge in [-0.1, -0.05) is 0 Å². The maximum absolute atomic E-state index is 12.1. The van der Waals surface area contributed by atoms with Crippen LogP contribution in [-0.4, -0.2) is 69.6 Å². The third-order valence-corrected chi connectivity index (χ3v) is 2.00. The van der Waals surface area contributed by atoms with Crippen molar-refractivity contribution in [2.24, 2.45) is 0 Å². The Kier molecular flexibility index (Phi) is 11.0. The van der Waals surface area contributed by atoms with Gasteiger partial charge in [-0.3, -0.25) is 4.90 Å². The van der Waals surface area contributed by atoms with E-state index in [1.807, 2.05) is 0 Å². The van der Waals surface area contributed by atoms with Gasteiger partial charge in [0.25, 0.3) is 6.43 Å². The minimum absolute atomic E-state index is 0.115. The first-order valence-electron chi connectivity index (χ1n) is 5.38. The second-order valence-electron chi connectivity index (χ2n) is 3.37. The van der Waals surface area contributed by atoms with Crippen molar-refractivity contribution in [2.75, 3.05) is 53.2 Å². The molecule has 4 nitrogen and oxygen atoms in total. The van der Waals surface area contributed by atoms with Crippen LogP contribution in [0.2, 0.25) is 0 Å². The Labute approximate surface area is 95.1 Å². The average molecular weight is 241 g/mol. The summed E-state index contributed by atoms with van der Waals surface area (Å²) in [7, 11) is 1.62. The first-order chi connectivity index (χ1) is 7.70. The number of alkyl halides is 2. The molecule has 0 unspecified atom stereocenters. The molecule has 0 rings (SSSR count). The summed E-state index contributed by atoms with van der Waals surface area (Å²) in [6.45, 7) is 1.84. The molecule has 0 heterocycles. The maximum Gasteiger partial charge on any atom is 0.251 e. The number of ether oxygens (including phenoxy) is 2. The van der Waals surface area contributed by atoms with Crippen molar-refractivity contribution in [1.29, 1.82) is 0 Å². The Balaban J connectivity index is 3.44. The van der Waals surface area contributed by atoms with Crippen molar-refractivity contribution >= 4 is 0 Å². The molecule has 0 saturated heterocycles. The Bertz CT molecular complexity index is 150. The van der Waals surface area contributed by atoms with E-state index < -0.39 is 6.43 Å². The highest BCUT2D eigenvalue weighted by Gasteiger charge is 2.10. The SMILES string of the molecule is COCCCOCCN(CCO)CC(F)F. The van der Waals surface area contributed by atoms with Gasteiger partial charge in [0.1, 0.15) is 0 Å². The number of hydrogen-bond donors (Lipinski definition) is 1. The van der Waals surface area contributed by atoms with Crippen LogP contribution in [0.15, 0.2) is 0 Å². The predicted octanol–water partition coefficient (Wildman–Crippen LogP) is 0.599. The number of aliphatic hydroxyl groups excluding tert-OH is 1. The molecule has 6 heteroatoms. The van der Waals surface area contributed by atoms with E-state index in [1.165, 1.54) is 4.90 Å². The van der Waals surface area contributed by atoms with E-state index in [-0.39, 0.29) is 19.7 Å². The molecule has 0 fully saturated rings. The van der Waals surface area contributed by atoms with Gasteiger partial charge in [-0.25, -0.2) is 8.78 Å². The van der Waals surface area contributed by atoms with E-state index in [0.717, 1.165) is 6.42 Å². The number of rotatable bonds is 11. The zero-order valence-corrected chi connectivity index (χ0v) is 9.70. The van der Waals surface area contributed by atoms with Crippen molar-refractivity contribution in [2.45, 2.75) is 12.8 Å². The normalized spacial score (nSPS) is 11.6. The quantitative estimate of drug-likeness (QED) is 0.538. The summed E-state index contributed by atoms with van der Waals surface area (Å²) in [5.74, 6) is 0. The smallest absolute Gasteiger partial charge is 0.251 e. The molecule has 16 heavy (non-hydrogen) atoms. The number of aliphatic hydroxyl groups is 1. The van der Waals surface area contributed by atoms with Crippen molar-refractivity contribution in [1.82, 2.24) is 4.90 Å². The van der Waals surface area contributed by atoms with Gasteiger partial charge in [0, 0.05) is 33.4 Å². The summed E-state index contributed by atoms with van der Waals surface area (Å²) in [4.78, 5) is 1.49. The fraction of sp³-hybridized carbons (Fsp3) is 1.00. The van der Waals surface area contributed by atoms with Gasteiger partial charge in [-0.15, -0.1) is 0 Å². The lowest BCUT2D eigenvalue weighted by Gasteiger charge is -2.20. The van der Waals surface area contributed by atoms with E-state index in [2.05, 4.69) is 0 Å². The Morgan fingerprint density at radius 2 is 1.94 bits per heavy atom. The summed E-state index contributed by atoms with van der Waals surface area (Å²) in [5, 5.41) is 8.68. The van der Waals surface area contributed by atoms with E-state index in [9.17, 15) is 8.78 Å². The molecule has 0 atom stereocenters. The summed E-state index contributed by atoms with van der Waals surface area (Å²) in [5.41, 5.74) is 0. The molecular formula is C10H21F2NO3. The van der Waals surface area contributed by atoms with E-state index in [0.29, 0.717) is 26.4 Å². The third kappa shape index (κ3) is 10.2. The second-order valence-corrected chi connectivity index (χ2v) is 3.37. The molecule has 0 aliphatic carbocycles. The van der Waals surface area contributed by atoms with Gasteiger partial charge < -0.3 is 14.6 Å². The predicted molar refractivity (Wildman–Crippen MR) is 56.8 cm³/mol. The molecule has 0 saturated carbocycles. The summed E-state index contributed by atoms with van der Waals surface area (Å²) in [6.07, 6.45) is -1.58. The molecule has 0 aromatic rings. The minimum atomic E-state index is -2.37. The largest absolute Gasteiger partial charge is 0.395 e. The standard InChI is InChI=1S/C10H21F2NO3/c1-15-6-2-7-16-8-4-13(3-5-14)9-10(11)12/h10,14H,2-9H2,1H3. The molecule has 0 aromatic carbocycles. The van der Waals surface area contributed by atoms with Crippen LogP contribution in [0.4, 0.5) is 8.78 Å². The van der Waals surface area contributed by atoms with Crippen LogP contribution in [0.3, 0.4) is 0 Å². The first kappa shape index (κ1) is 15.7. The Morgan fingerprint density at radius 1 is 1.19 bits per heavy atom. The Morgan fingerprint density at radius 3 is 2.50 bits per heavy atom. The third-order valence-electron chi connectivity index (χ3n) is 2.00. The molecule has 98 valence electrons. The van der Waals surface area contributed by atoms with Gasteiger partial charge in [-0.2, -0.15) is 0 Å². The van der Waals surface area contributed by atoms with Gasteiger partial charge in [0.2, 0.25) is 0 Å². The lowest BCUT2D eigenvalue weighted by Crippen LogP contribution is -2.34. The van der Waals surface area contributed by atoms with E-state index in [4.69, 9.17) is 14.6 Å². The molecule has 0 amide bonds. The minimum Gasteiger partial charge on any atom is -0.395 e. The van der Waals surface area contributed by atoms with Crippen LogP contribution in [0, 0.1) is 0 Å². The highest BCUT2D eigenvalue weighted by molar-refractivity contribution is 4.58. The Hall–Kier alpha value is -0.300. The lowest BCUT2D eigenvalue weighted by atomic mass is 10.4. The number of nitrogens with zero attached hydrogens (tertiary/aromatic N) is 1. The first-order valence-corrected chi connectivity index (χ1v) is 5.38. The van der Waals surface area contributed by atoms with Gasteiger partial charge in [-0.05, 0) is 6.42 Å². The fourth-order valence-electron chi connectivity index (χ4n) is 1.23. The van der Waals surface area contributed by atoms with Crippen molar-refractivity contribution in [3.8, 4) is 0 Å². The van der Waals surface area contributed by atoms with Crippen molar-refractivity contribution in [3.63, 3.8) is 0 Å². The number of halogens is 2. The maximum atomic E-state index is 12.1. The van der Waals surface area contributed by atoms with Crippen LogP contribution < -0.4 is 0 Å². The monoisotopic (exact) mass is 241 g/mol. The molecule has 0 aromatic heterocycles. The van der Waals surface area contributed by atoms with E-state index >= 15 is 0 Å². The van der Waals surface area contributed by atoms with Crippen molar-refractivity contribution in [3.05, 3.63) is 0 Å². The summed E-state index contributed by atoms with van der Waals surface area (Å²) < 4.78 is 34.3. The highest BCUT2D eigenvalue weighted by Crippen LogP contribution is 1.98. The topological polar surface area (TPSA) is 41.9 Å². The van der Waals surface area contributed by atoms with Crippen molar-refractivity contribution < 1.29 is 23.4 Å². The average Bonchev–Trinajstić information content (AvgIpc) is 2.22. The van der Waals surface area contributed by atoms with Crippen LogP contribution in [0.25, 0.3) is 0 Å². The molecule has 1 N–H and O–H groups in total. The fourth-order valence-corrected chi connectivity index (χ4v) is 1.23. The van der Waals surface area contributed by atoms with Crippen LogP contribution in [0.5, 0.6) is 0 Å². The number of methoxy groups -OCH3 is 1. The molecule has 0 aliphatic heterocycles. The summed E-state index contributed by atoms with van der Waals surface area (Å²) >= 11 is 0. The van der Waals surface area contributed by atoms with Gasteiger partial charge in [0.05, 0.1) is 19.8 Å². The molecule has 0 aliphatic rings. The number of hydrogen-bond acceptors (Lipinski definition) is 4. The zero-order chi connectivity index (χ0) is 12.2. The molecule has 0 bridgehead atoms. The second kappa shape index (κ2) is 11.2. The zero-order valence-electron chi connectivity index (χ0n) is 9.70. The molecule has 0 radical (unpaired) electrons. The highest BCUT2D eigenvalue weighted by atomic mass is 19.3. The molecule has 0 spiro atoms. The summed E-state index contributed by atoms with van der Waals surface area (Å²) in [6, 6.07) is 0. The molecular weight excluding hydrogens is 220 g/mol. The van der Waals surface area contributed by atoms with Gasteiger partial charge in [0.15, 0.2) is 0 Å².